The molecule has 0 bridgehead atoms. The third-order valence-electron chi connectivity index (χ3n) is 3.66. The van der Waals surface area contributed by atoms with E-state index in [4.69, 9.17) is 5.73 Å². The monoisotopic (exact) mass is 155 g/mol. The molecule has 0 spiro atoms. The first-order valence-electron chi connectivity index (χ1n) is 4.59. The Morgan fingerprint density at radius 2 is 1.73 bits per heavy atom. The predicted molar refractivity (Wildman–Crippen MR) is 49.3 cm³/mol. The summed E-state index contributed by atoms with van der Waals surface area (Å²) in [5.41, 5.74) is 6.83. The second-order valence-corrected chi connectivity index (χ2v) is 5.17. The molecule has 0 radical (unpaired) electrons. The maximum atomic E-state index is 6.01. The molecule has 0 saturated heterocycles. The van der Waals surface area contributed by atoms with Crippen LogP contribution in [0.2, 0.25) is 0 Å². The van der Waals surface area contributed by atoms with Crippen molar-refractivity contribution in [2.45, 2.75) is 47.1 Å². The first-order valence-corrected chi connectivity index (χ1v) is 4.59. The smallest absolute Gasteiger partial charge is 0.0133 e. The Kier molecular flexibility index (Phi) is 1.83. The molecule has 1 heteroatoms. The van der Waals surface area contributed by atoms with Crippen molar-refractivity contribution >= 4 is 0 Å². The number of nitrogens with two attached hydrogens (primary N) is 1. The summed E-state index contributed by atoms with van der Waals surface area (Å²) in [5, 5.41) is 0. The van der Waals surface area contributed by atoms with E-state index in [9.17, 15) is 0 Å². The highest BCUT2D eigenvalue weighted by molar-refractivity contribution is 5.13. The van der Waals surface area contributed by atoms with Gasteiger partial charge in [-0.05, 0) is 16.7 Å². The maximum Gasteiger partial charge on any atom is 0.0133 e. The lowest BCUT2D eigenvalue weighted by Crippen LogP contribution is -2.18. The van der Waals surface area contributed by atoms with Gasteiger partial charge in [-0.2, -0.15) is 0 Å². The second kappa shape index (κ2) is 2.22. The summed E-state index contributed by atoms with van der Waals surface area (Å²) < 4.78 is 0. The molecule has 1 aliphatic carbocycles. The van der Waals surface area contributed by atoms with Crippen LogP contribution in [0.5, 0.6) is 0 Å². The van der Waals surface area contributed by atoms with Gasteiger partial charge in [-0.15, -0.1) is 0 Å². The van der Waals surface area contributed by atoms with Crippen LogP contribution in [-0.4, -0.2) is 6.04 Å². The Hall–Kier alpha value is -0.0400. The highest BCUT2D eigenvalue weighted by Gasteiger charge is 2.60. The average molecular weight is 155 g/mol. The summed E-state index contributed by atoms with van der Waals surface area (Å²) in [6.45, 7) is 11.5. The summed E-state index contributed by atoms with van der Waals surface area (Å²) in [5.74, 6) is 0.722. The van der Waals surface area contributed by atoms with Crippen LogP contribution in [0.1, 0.15) is 41.0 Å². The minimum absolute atomic E-state index is 0.388. The van der Waals surface area contributed by atoms with E-state index >= 15 is 0 Å². The van der Waals surface area contributed by atoms with Crippen LogP contribution in [0, 0.1) is 16.7 Å². The zero-order chi connectivity index (χ0) is 8.86. The van der Waals surface area contributed by atoms with E-state index in [-0.39, 0.29) is 0 Å². The van der Waals surface area contributed by atoms with Gasteiger partial charge in [0.25, 0.3) is 0 Å². The Morgan fingerprint density at radius 1 is 1.36 bits per heavy atom. The fraction of sp³-hybridized carbons (Fsp3) is 1.00. The topological polar surface area (TPSA) is 26.0 Å². The summed E-state index contributed by atoms with van der Waals surface area (Å²) in [6.07, 6.45) is 1.23. The predicted octanol–water partition coefficient (Wildman–Crippen LogP) is 2.41. The van der Waals surface area contributed by atoms with E-state index in [0.29, 0.717) is 16.9 Å². The number of hydrogen-bond acceptors (Lipinski definition) is 1. The van der Waals surface area contributed by atoms with Gasteiger partial charge < -0.3 is 5.73 Å². The Morgan fingerprint density at radius 3 is 1.82 bits per heavy atom. The Labute approximate surface area is 70.4 Å². The third kappa shape index (κ3) is 1.20. The highest BCUT2D eigenvalue weighted by Crippen LogP contribution is 2.60. The van der Waals surface area contributed by atoms with Crippen molar-refractivity contribution in [1.29, 1.82) is 0 Å². The van der Waals surface area contributed by atoms with Crippen molar-refractivity contribution in [2.75, 3.05) is 0 Å². The van der Waals surface area contributed by atoms with Gasteiger partial charge in [0.1, 0.15) is 0 Å². The zero-order valence-corrected chi connectivity index (χ0v) is 8.44. The standard InChI is InChI=1S/C10H21N/c1-6-9(2,3)7-8(11)10(7,4)5/h7-8H,6,11H2,1-5H3/t7-,8+/m1/s1. The molecular weight excluding hydrogens is 134 g/mol. The van der Waals surface area contributed by atoms with Gasteiger partial charge in [0.05, 0.1) is 0 Å². The van der Waals surface area contributed by atoms with E-state index in [2.05, 4.69) is 34.6 Å². The van der Waals surface area contributed by atoms with Crippen LogP contribution < -0.4 is 5.73 Å². The van der Waals surface area contributed by atoms with Crippen molar-refractivity contribution in [2.24, 2.45) is 22.5 Å². The van der Waals surface area contributed by atoms with E-state index in [1.54, 1.807) is 0 Å². The third-order valence-corrected chi connectivity index (χ3v) is 3.66. The van der Waals surface area contributed by atoms with Crippen molar-refractivity contribution in [1.82, 2.24) is 0 Å². The van der Waals surface area contributed by atoms with Crippen molar-refractivity contribution in [3.05, 3.63) is 0 Å². The molecule has 0 unspecified atom stereocenters. The largest absolute Gasteiger partial charge is 0.327 e. The highest BCUT2D eigenvalue weighted by atomic mass is 14.9. The van der Waals surface area contributed by atoms with Crippen LogP contribution in [0.3, 0.4) is 0 Å². The average Bonchev–Trinajstić information content (AvgIpc) is 2.34. The fourth-order valence-electron chi connectivity index (χ4n) is 2.39. The van der Waals surface area contributed by atoms with Gasteiger partial charge in [-0.1, -0.05) is 41.0 Å². The molecular formula is C10H21N. The summed E-state index contributed by atoms with van der Waals surface area (Å²) >= 11 is 0. The molecule has 2 N–H and O–H groups in total. The molecule has 0 aromatic heterocycles. The molecule has 0 heterocycles. The van der Waals surface area contributed by atoms with Crippen LogP contribution in [0.25, 0.3) is 0 Å². The van der Waals surface area contributed by atoms with Gasteiger partial charge in [0, 0.05) is 6.04 Å². The Balaban J connectivity index is 2.67. The first-order chi connectivity index (χ1) is 4.84. The second-order valence-electron chi connectivity index (χ2n) is 5.17. The minimum atomic E-state index is 0.388. The van der Waals surface area contributed by atoms with Crippen LogP contribution >= 0.6 is 0 Å². The lowest BCUT2D eigenvalue weighted by molar-refractivity contribution is 0.256. The van der Waals surface area contributed by atoms with Gasteiger partial charge in [0.15, 0.2) is 0 Å². The van der Waals surface area contributed by atoms with E-state index in [0.717, 1.165) is 5.92 Å². The van der Waals surface area contributed by atoms with Gasteiger partial charge in [-0.3, -0.25) is 0 Å². The van der Waals surface area contributed by atoms with Crippen molar-refractivity contribution < 1.29 is 0 Å². The molecule has 0 aliphatic heterocycles. The number of hydrogen-bond donors (Lipinski definition) is 1. The van der Waals surface area contributed by atoms with Crippen molar-refractivity contribution in [3.8, 4) is 0 Å². The normalized spacial score (nSPS) is 35.5. The molecule has 0 amide bonds. The first kappa shape index (κ1) is 9.05. The van der Waals surface area contributed by atoms with Crippen LogP contribution in [0.4, 0.5) is 0 Å². The molecule has 66 valence electrons. The molecule has 1 nitrogen and oxygen atoms in total. The maximum absolute atomic E-state index is 6.01. The lowest BCUT2D eigenvalue weighted by Gasteiger charge is -2.24. The van der Waals surface area contributed by atoms with Gasteiger partial charge in [0.2, 0.25) is 0 Å². The van der Waals surface area contributed by atoms with Crippen LogP contribution in [-0.2, 0) is 0 Å². The molecule has 1 saturated carbocycles. The quantitative estimate of drug-likeness (QED) is 0.651. The van der Waals surface area contributed by atoms with Crippen molar-refractivity contribution in [3.63, 3.8) is 0 Å². The molecule has 2 atom stereocenters. The summed E-state index contributed by atoms with van der Waals surface area (Å²) in [6, 6.07) is 0.428. The fourth-order valence-corrected chi connectivity index (χ4v) is 2.39. The molecule has 1 aliphatic rings. The number of rotatable bonds is 2. The van der Waals surface area contributed by atoms with E-state index < -0.39 is 0 Å². The van der Waals surface area contributed by atoms with Crippen LogP contribution in [0.15, 0.2) is 0 Å². The molecule has 1 rings (SSSR count). The van der Waals surface area contributed by atoms with Gasteiger partial charge >= 0.3 is 0 Å². The minimum Gasteiger partial charge on any atom is -0.327 e. The van der Waals surface area contributed by atoms with Gasteiger partial charge in [-0.25, -0.2) is 0 Å². The van der Waals surface area contributed by atoms with E-state index in [1.807, 2.05) is 0 Å². The Bertz CT molecular complexity index is 158. The zero-order valence-electron chi connectivity index (χ0n) is 8.44. The molecule has 0 aromatic carbocycles. The lowest BCUT2D eigenvalue weighted by atomic mass is 9.81. The summed E-state index contributed by atoms with van der Waals surface area (Å²) in [4.78, 5) is 0. The van der Waals surface area contributed by atoms with E-state index in [1.165, 1.54) is 6.42 Å². The molecule has 1 fully saturated rings. The molecule has 11 heavy (non-hydrogen) atoms. The summed E-state index contributed by atoms with van der Waals surface area (Å²) in [7, 11) is 0. The SMILES string of the molecule is CCC(C)(C)[C@H]1[C@H](N)C1(C)C. The molecule has 0 aromatic rings.